The largest absolute Gasteiger partial charge is 0.328 e. The molecule has 0 bridgehead atoms. The van der Waals surface area contributed by atoms with Gasteiger partial charge in [-0.05, 0) is 55.7 Å². The van der Waals surface area contributed by atoms with Gasteiger partial charge in [0, 0.05) is 23.8 Å². The normalized spacial score (nSPS) is 13.5. The zero-order valence-electron chi connectivity index (χ0n) is 17.0. The Kier molecular flexibility index (Phi) is 4.79. The number of rotatable bonds is 6. The molecule has 4 aromatic rings. The second-order valence-corrected chi connectivity index (χ2v) is 8.00. The van der Waals surface area contributed by atoms with Crippen molar-refractivity contribution in [2.75, 3.05) is 0 Å². The monoisotopic (exact) mass is 396 g/mol. The number of hydrogen-bond acceptors (Lipinski definition) is 3. The Morgan fingerprint density at radius 1 is 1.03 bits per heavy atom. The van der Waals surface area contributed by atoms with Crippen LogP contribution in [0, 0.1) is 6.92 Å². The highest BCUT2D eigenvalue weighted by atomic mass is 16.2. The summed E-state index contributed by atoms with van der Waals surface area (Å²) in [5.41, 5.74) is 5.57. The predicted molar refractivity (Wildman–Crippen MR) is 117 cm³/mol. The van der Waals surface area contributed by atoms with Crippen LogP contribution in [0.4, 0.5) is 0 Å². The Balaban J connectivity index is 1.46. The summed E-state index contributed by atoms with van der Waals surface area (Å²) in [7, 11) is 0. The van der Waals surface area contributed by atoms with E-state index in [0.717, 1.165) is 28.0 Å². The van der Waals surface area contributed by atoms with E-state index in [-0.39, 0.29) is 5.91 Å². The van der Waals surface area contributed by atoms with Gasteiger partial charge in [-0.2, -0.15) is 0 Å². The fraction of sp³-hybridized carbons (Fsp3) is 0.240. The fourth-order valence-corrected chi connectivity index (χ4v) is 3.88. The molecule has 0 spiro atoms. The molecule has 0 aliphatic heterocycles. The summed E-state index contributed by atoms with van der Waals surface area (Å²) in [5, 5.41) is 0. The number of aromatic nitrogens is 3. The third-order valence-corrected chi connectivity index (χ3v) is 5.56. The van der Waals surface area contributed by atoms with Gasteiger partial charge >= 0.3 is 0 Å². The molecule has 0 atom stereocenters. The van der Waals surface area contributed by atoms with Crippen molar-refractivity contribution in [3.8, 4) is 0 Å². The van der Waals surface area contributed by atoms with Crippen molar-refractivity contribution in [3.05, 3.63) is 95.6 Å². The zero-order valence-corrected chi connectivity index (χ0v) is 17.0. The Morgan fingerprint density at radius 3 is 2.63 bits per heavy atom. The molecule has 2 heterocycles. The van der Waals surface area contributed by atoms with Gasteiger partial charge in [-0.25, -0.2) is 4.98 Å². The van der Waals surface area contributed by atoms with Crippen molar-refractivity contribution >= 4 is 16.9 Å². The molecule has 30 heavy (non-hydrogen) atoms. The number of aryl methyl sites for hydroxylation is 1. The average molecular weight is 396 g/mol. The van der Waals surface area contributed by atoms with Gasteiger partial charge in [0.1, 0.15) is 0 Å². The van der Waals surface area contributed by atoms with E-state index in [1.165, 1.54) is 12.8 Å². The highest BCUT2D eigenvalue weighted by Crippen LogP contribution is 2.37. The van der Waals surface area contributed by atoms with Gasteiger partial charge in [0.2, 0.25) is 0 Å². The van der Waals surface area contributed by atoms with Crippen LogP contribution in [-0.2, 0) is 13.1 Å². The summed E-state index contributed by atoms with van der Waals surface area (Å²) < 4.78 is 2.22. The van der Waals surface area contributed by atoms with E-state index in [2.05, 4.69) is 14.5 Å². The molecule has 5 nitrogen and oxygen atoms in total. The summed E-state index contributed by atoms with van der Waals surface area (Å²) in [6, 6.07) is 22.4. The van der Waals surface area contributed by atoms with Crippen LogP contribution in [0.1, 0.15) is 46.2 Å². The van der Waals surface area contributed by atoms with Crippen LogP contribution in [0.2, 0.25) is 0 Å². The van der Waals surface area contributed by atoms with Crippen LogP contribution >= 0.6 is 0 Å². The molecule has 0 unspecified atom stereocenters. The Morgan fingerprint density at radius 2 is 1.87 bits per heavy atom. The molecule has 1 fully saturated rings. The molecular formula is C25H24N4O. The summed E-state index contributed by atoms with van der Waals surface area (Å²) in [5.74, 6) is -0.00923. The van der Waals surface area contributed by atoms with Gasteiger partial charge in [0.05, 0.1) is 29.6 Å². The van der Waals surface area contributed by atoms with E-state index >= 15 is 0 Å². The van der Waals surface area contributed by atoms with Crippen LogP contribution in [0.15, 0.2) is 73.1 Å². The first-order valence-corrected chi connectivity index (χ1v) is 10.4. The third-order valence-electron chi connectivity index (χ3n) is 5.56. The minimum atomic E-state index is -0.00923. The third kappa shape index (κ3) is 3.83. The summed E-state index contributed by atoms with van der Waals surface area (Å²) >= 11 is 0. The van der Waals surface area contributed by atoms with Crippen molar-refractivity contribution < 1.29 is 4.79 Å². The molecule has 150 valence electrons. The number of benzene rings is 2. The maximum absolute atomic E-state index is 13.5. The molecule has 0 saturated heterocycles. The van der Waals surface area contributed by atoms with Gasteiger partial charge in [0.25, 0.3) is 5.91 Å². The first-order chi connectivity index (χ1) is 14.7. The van der Waals surface area contributed by atoms with Crippen molar-refractivity contribution in [2.45, 2.75) is 38.9 Å². The Hall–Kier alpha value is -3.47. The SMILES string of the molecule is Cc1cccc(CN(Cc2ccccc2)C(=O)c2ccc3c(c2)ncn3C2CC2)n1. The van der Waals surface area contributed by atoms with Crippen LogP contribution in [0.3, 0.4) is 0 Å². The lowest BCUT2D eigenvalue weighted by Gasteiger charge is -2.23. The lowest BCUT2D eigenvalue weighted by Crippen LogP contribution is -2.30. The van der Waals surface area contributed by atoms with Crippen molar-refractivity contribution in [1.82, 2.24) is 19.4 Å². The highest BCUT2D eigenvalue weighted by molar-refractivity contribution is 5.97. The molecule has 1 aliphatic rings. The average Bonchev–Trinajstić information content (AvgIpc) is 3.52. The molecule has 1 aliphatic carbocycles. The van der Waals surface area contributed by atoms with Gasteiger partial charge in [0.15, 0.2) is 0 Å². The number of hydrogen-bond donors (Lipinski definition) is 0. The first kappa shape index (κ1) is 18.6. The van der Waals surface area contributed by atoms with E-state index in [9.17, 15) is 4.79 Å². The fourth-order valence-electron chi connectivity index (χ4n) is 3.88. The number of carbonyl (C=O) groups excluding carboxylic acids is 1. The van der Waals surface area contributed by atoms with Gasteiger partial charge in [-0.1, -0.05) is 36.4 Å². The van der Waals surface area contributed by atoms with Crippen LogP contribution in [-0.4, -0.2) is 25.3 Å². The quantitative estimate of drug-likeness (QED) is 0.465. The first-order valence-electron chi connectivity index (χ1n) is 10.4. The molecule has 0 N–H and O–H groups in total. The van der Waals surface area contributed by atoms with E-state index in [4.69, 9.17) is 0 Å². The number of carbonyl (C=O) groups is 1. The summed E-state index contributed by atoms with van der Waals surface area (Å²) in [6.45, 7) is 2.96. The Bertz CT molecular complexity index is 1190. The van der Waals surface area contributed by atoms with Gasteiger partial charge in [-0.3, -0.25) is 9.78 Å². The predicted octanol–water partition coefficient (Wildman–Crippen LogP) is 4.92. The number of nitrogens with zero attached hydrogens (tertiary/aromatic N) is 4. The molecule has 2 aromatic carbocycles. The van der Waals surface area contributed by atoms with Crippen LogP contribution in [0.25, 0.3) is 11.0 Å². The van der Waals surface area contributed by atoms with Crippen molar-refractivity contribution in [2.24, 2.45) is 0 Å². The Labute approximate surface area is 176 Å². The van der Waals surface area contributed by atoms with E-state index < -0.39 is 0 Å². The van der Waals surface area contributed by atoms with E-state index in [1.807, 2.05) is 84.9 Å². The second kappa shape index (κ2) is 7.75. The molecule has 1 saturated carbocycles. The van der Waals surface area contributed by atoms with Crippen LogP contribution < -0.4 is 0 Å². The number of amides is 1. The maximum atomic E-state index is 13.5. The maximum Gasteiger partial charge on any atom is 0.254 e. The molecule has 2 aromatic heterocycles. The zero-order chi connectivity index (χ0) is 20.5. The second-order valence-electron chi connectivity index (χ2n) is 8.00. The lowest BCUT2D eigenvalue weighted by molar-refractivity contribution is 0.0728. The van der Waals surface area contributed by atoms with Crippen molar-refractivity contribution in [3.63, 3.8) is 0 Å². The molecule has 1 amide bonds. The number of fused-ring (bicyclic) bond motifs is 1. The number of pyridine rings is 1. The molecule has 0 radical (unpaired) electrons. The minimum absolute atomic E-state index is 0.00923. The number of imidazole rings is 1. The van der Waals surface area contributed by atoms with Crippen molar-refractivity contribution in [1.29, 1.82) is 0 Å². The lowest BCUT2D eigenvalue weighted by atomic mass is 10.1. The molecular weight excluding hydrogens is 372 g/mol. The minimum Gasteiger partial charge on any atom is -0.328 e. The van der Waals surface area contributed by atoms with E-state index in [1.54, 1.807) is 0 Å². The summed E-state index contributed by atoms with van der Waals surface area (Å²) in [6.07, 6.45) is 4.32. The van der Waals surface area contributed by atoms with E-state index in [0.29, 0.717) is 24.7 Å². The molecule has 5 heteroatoms. The smallest absolute Gasteiger partial charge is 0.254 e. The van der Waals surface area contributed by atoms with Gasteiger partial charge < -0.3 is 9.47 Å². The van der Waals surface area contributed by atoms with Gasteiger partial charge in [-0.15, -0.1) is 0 Å². The molecule has 5 rings (SSSR count). The van der Waals surface area contributed by atoms with Crippen LogP contribution in [0.5, 0.6) is 0 Å². The summed E-state index contributed by atoms with van der Waals surface area (Å²) in [4.78, 5) is 24.5. The topological polar surface area (TPSA) is 51.0 Å². The standard InChI is InChI=1S/C25H24N4O/c1-18-6-5-9-21(27-18)16-28(15-19-7-3-2-4-8-19)25(30)20-10-13-24-23(14-20)26-17-29(24)22-11-12-22/h2-10,13-14,17,22H,11-12,15-16H2,1H3. The highest BCUT2D eigenvalue weighted by Gasteiger charge is 2.25.